The Morgan fingerprint density at radius 2 is 1.81 bits per heavy atom. The average Bonchev–Trinajstić information content (AvgIpc) is 2.35. The van der Waals surface area contributed by atoms with Crippen molar-refractivity contribution in [1.82, 2.24) is 0 Å². The summed E-state index contributed by atoms with van der Waals surface area (Å²) >= 11 is 0. The molecule has 0 saturated carbocycles. The smallest absolute Gasteiger partial charge is 0.338 e. The molecule has 0 bridgehead atoms. The highest BCUT2D eigenvalue weighted by atomic mass is 16.5. The van der Waals surface area contributed by atoms with Gasteiger partial charge in [0.15, 0.2) is 0 Å². The lowest BCUT2D eigenvalue weighted by atomic mass is 10.1. The molecule has 0 aliphatic heterocycles. The van der Waals surface area contributed by atoms with Gasteiger partial charge in [-0.15, -0.1) is 0 Å². The minimum Gasteiger partial charge on any atom is -0.462 e. The van der Waals surface area contributed by atoms with Gasteiger partial charge in [0.2, 0.25) is 0 Å². The van der Waals surface area contributed by atoms with E-state index in [-0.39, 0.29) is 5.97 Å². The maximum absolute atomic E-state index is 11.6. The van der Waals surface area contributed by atoms with Crippen molar-refractivity contribution in [3.05, 3.63) is 48.0 Å². The summed E-state index contributed by atoms with van der Waals surface area (Å²) in [5.41, 5.74) is 2.32. The van der Waals surface area contributed by atoms with Crippen molar-refractivity contribution in [1.29, 1.82) is 0 Å². The van der Waals surface area contributed by atoms with Gasteiger partial charge in [0.05, 0.1) is 12.2 Å². The van der Waals surface area contributed by atoms with Gasteiger partial charge in [-0.25, -0.2) is 4.79 Å². The fourth-order valence-electron chi connectivity index (χ4n) is 1.31. The molecule has 0 radical (unpaired) electrons. The molecule has 16 heavy (non-hydrogen) atoms. The Hall–Kier alpha value is -1.83. The highest BCUT2D eigenvalue weighted by Gasteiger charge is 2.07. The van der Waals surface area contributed by atoms with Crippen LogP contribution in [0.3, 0.4) is 0 Å². The van der Waals surface area contributed by atoms with Crippen LogP contribution in [0.4, 0.5) is 0 Å². The van der Waals surface area contributed by atoms with Crippen molar-refractivity contribution < 1.29 is 9.53 Å². The van der Waals surface area contributed by atoms with Crippen LogP contribution in [0.25, 0.3) is 12.2 Å². The Kier molecular flexibility index (Phi) is 4.52. The number of hydrogen-bond acceptors (Lipinski definition) is 2. The van der Waals surface area contributed by atoms with Crippen molar-refractivity contribution in [3.63, 3.8) is 0 Å². The minimum atomic E-state index is -0.298. The topological polar surface area (TPSA) is 26.3 Å². The summed E-state index contributed by atoms with van der Waals surface area (Å²) in [6.45, 7) is 9.77. The highest BCUT2D eigenvalue weighted by molar-refractivity contribution is 5.91. The molecule has 0 amide bonds. The van der Waals surface area contributed by atoms with Gasteiger partial charge in [0.1, 0.15) is 0 Å². The molecule has 0 unspecified atom stereocenters. The average molecular weight is 216 g/mol. The van der Waals surface area contributed by atoms with E-state index in [1.807, 2.05) is 13.0 Å². The molecule has 0 N–H and O–H groups in total. The number of carbonyl (C=O) groups excluding carboxylic acids is 1. The number of carbonyl (C=O) groups is 1. The number of hydrogen-bond donors (Lipinski definition) is 0. The van der Waals surface area contributed by atoms with Crippen LogP contribution in [-0.4, -0.2) is 12.6 Å². The second kappa shape index (κ2) is 5.91. The lowest BCUT2D eigenvalue weighted by Crippen LogP contribution is -2.06. The fourth-order valence-corrected chi connectivity index (χ4v) is 1.31. The third kappa shape index (κ3) is 3.09. The Balaban J connectivity index is 2.98. The Labute approximate surface area is 96.2 Å². The first-order valence-corrected chi connectivity index (χ1v) is 5.28. The van der Waals surface area contributed by atoms with Gasteiger partial charge in [-0.2, -0.15) is 0 Å². The molecule has 84 valence electrons. The molecule has 0 aliphatic carbocycles. The number of esters is 1. The zero-order chi connectivity index (χ0) is 12.0. The van der Waals surface area contributed by atoms with Gasteiger partial charge in [-0.1, -0.05) is 32.2 Å². The fraction of sp³-hybridized carbons (Fsp3) is 0.214. The summed E-state index contributed by atoms with van der Waals surface area (Å²) < 4.78 is 5.07. The van der Waals surface area contributed by atoms with Crippen molar-refractivity contribution >= 4 is 18.1 Å². The molecular formula is C14H16O2. The van der Waals surface area contributed by atoms with Crippen LogP contribution in [0, 0.1) is 0 Å². The second-order valence-electron chi connectivity index (χ2n) is 3.43. The van der Waals surface area contributed by atoms with E-state index in [4.69, 9.17) is 4.74 Å². The third-order valence-electron chi connectivity index (χ3n) is 2.12. The number of ether oxygens (including phenoxy) is 1. The molecule has 0 atom stereocenters. The first-order chi connectivity index (χ1) is 7.71. The summed E-state index contributed by atoms with van der Waals surface area (Å²) in [5, 5.41) is 0. The maximum Gasteiger partial charge on any atom is 0.338 e. The van der Waals surface area contributed by atoms with Crippen molar-refractivity contribution in [2.45, 2.75) is 13.3 Å². The molecule has 0 aliphatic rings. The lowest BCUT2D eigenvalue weighted by molar-refractivity contribution is 0.0505. The molecule has 0 fully saturated rings. The summed E-state index contributed by atoms with van der Waals surface area (Å²) in [6.07, 6.45) is 4.22. The zero-order valence-corrected chi connectivity index (χ0v) is 9.53. The lowest BCUT2D eigenvalue weighted by Gasteiger charge is -2.05. The molecule has 0 heterocycles. The predicted molar refractivity (Wildman–Crippen MR) is 67.2 cm³/mol. The Morgan fingerprint density at radius 3 is 2.25 bits per heavy atom. The SMILES string of the molecule is C=Cc1cc(C=C)cc(C(=O)OCCC)c1. The van der Waals surface area contributed by atoms with E-state index < -0.39 is 0 Å². The van der Waals surface area contributed by atoms with Crippen molar-refractivity contribution in [3.8, 4) is 0 Å². The van der Waals surface area contributed by atoms with Crippen LogP contribution in [0.2, 0.25) is 0 Å². The maximum atomic E-state index is 11.6. The van der Waals surface area contributed by atoms with Crippen LogP contribution in [0.1, 0.15) is 34.8 Å². The molecule has 0 spiro atoms. The summed E-state index contributed by atoms with van der Waals surface area (Å²) in [7, 11) is 0. The van der Waals surface area contributed by atoms with Crippen LogP contribution in [-0.2, 0) is 4.74 Å². The molecule has 1 rings (SSSR count). The number of rotatable bonds is 5. The highest BCUT2D eigenvalue weighted by Crippen LogP contribution is 2.13. The van der Waals surface area contributed by atoms with Crippen LogP contribution in [0.5, 0.6) is 0 Å². The standard InChI is InChI=1S/C14H16O2/c1-4-7-16-14(15)13-9-11(5-2)8-12(6-3)10-13/h5-6,8-10H,2-4,7H2,1H3. The Morgan fingerprint density at radius 1 is 1.25 bits per heavy atom. The van der Waals surface area contributed by atoms with E-state index in [1.165, 1.54) is 0 Å². The van der Waals surface area contributed by atoms with Gasteiger partial charge in [0.25, 0.3) is 0 Å². The van der Waals surface area contributed by atoms with E-state index in [0.29, 0.717) is 12.2 Å². The van der Waals surface area contributed by atoms with E-state index in [9.17, 15) is 4.79 Å². The second-order valence-corrected chi connectivity index (χ2v) is 3.43. The first-order valence-electron chi connectivity index (χ1n) is 5.28. The summed E-state index contributed by atoms with van der Waals surface area (Å²) in [4.78, 5) is 11.6. The predicted octanol–water partition coefficient (Wildman–Crippen LogP) is 3.54. The minimum absolute atomic E-state index is 0.298. The zero-order valence-electron chi connectivity index (χ0n) is 9.53. The van der Waals surface area contributed by atoms with E-state index >= 15 is 0 Å². The molecule has 2 heteroatoms. The summed E-state index contributed by atoms with van der Waals surface area (Å²) in [5.74, 6) is -0.298. The van der Waals surface area contributed by atoms with Gasteiger partial charge < -0.3 is 4.74 Å². The molecular weight excluding hydrogens is 200 g/mol. The normalized spacial score (nSPS) is 9.56. The van der Waals surface area contributed by atoms with Crippen LogP contribution < -0.4 is 0 Å². The van der Waals surface area contributed by atoms with Crippen LogP contribution in [0.15, 0.2) is 31.4 Å². The molecule has 1 aromatic carbocycles. The van der Waals surface area contributed by atoms with Gasteiger partial charge in [0, 0.05) is 0 Å². The molecule has 0 aromatic heterocycles. The molecule has 0 saturated heterocycles. The van der Waals surface area contributed by atoms with E-state index in [2.05, 4.69) is 13.2 Å². The van der Waals surface area contributed by atoms with E-state index in [0.717, 1.165) is 17.5 Å². The summed E-state index contributed by atoms with van der Waals surface area (Å²) in [6, 6.07) is 5.44. The monoisotopic (exact) mass is 216 g/mol. The molecule has 1 aromatic rings. The third-order valence-corrected chi connectivity index (χ3v) is 2.12. The van der Waals surface area contributed by atoms with Gasteiger partial charge in [-0.05, 0) is 35.7 Å². The van der Waals surface area contributed by atoms with Crippen molar-refractivity contribution in [2.24, 2.45) is 0 Å². The quantitative estimate of drug-likeness (QED) is 0.704. The first kappa shape index (κ1) is 12.2. The van der Waals surface area contributed by atoms with Crippen LogP contribution >= 0.6 is 0 Å². The van der Waals surface area contributed by atoms with E-state index in [1.54, 1.807) is 24.3 Å². The number of benzene rings is 1. The van der Waals surface area contributed by atoms with Crippen molar-refractivity contribution in [2.75, 3.05) is 6.61 Å². The largest absolute Gasteiger partial charge is 0.462 e. The van der Waals surface area contributed by atoms with Gasteiger partial charge in [-0.3, -0.25) is 0 Å². The molecule has 2 nitrogen and oxygen atoms in total. The van der Waals surface area contributed by atoms with Gasteiger partial charge >= 0.3 is 5.97 Å². The Bertz CT molecular complexity index is 379.